The quantitative estimate of drug-likeness (QED) is 0.684. The zero-order valence-corrected chi connectivity index (χ0v) is 11.1. The third-order valence-electron chi connectivity index (χ3n) is 2.93. The summed E-state index contributed by atoms with van der Waals surface area (Å²) in [6.45, 7) is 6.84. The van der Waals surface area contributed by atoms with Crippen molar-refractivity contribution in [1.29, 1.82) is 0 Å². The second-order valence-electron chi connectivity index (χ2n) is 5.06. The van der Waals surface area contributed by atoms with E-state index in [1.165, 1.54) is 0 Å². The Morgan fingerprint density at radius 2 is 2.06 bits per heavy atom. The summed E-state index contributed by atoms with van der Waals surface area (Å²) in [4.78, 5) is 24.7. The first kappa shape index (κ1) is 14.8. The van der Waals surface area contributed by atoms with Crippen LogP contribution in [0.5, 0.6) is 0 Å². The monoisotopic (exact) mass is 257 g/mol. The maximum absolute atomic E-state index is 12.0. The fraction of sp³-hybridized carbons (Fsp3) is 0.833. The number of urea groups is 1. The molecule has 0 aromatic heterocycles. The Kier molecular flexibility index (Phi) is 5.91. The molecule has 1 atom stereocenters. The average Bonchev–Trinajstić information content (AvgIpc) is 2.55. The van der Waals surface area contributed by atoms with Gasteiger partial charge in [0, 0.05) is 19.6 Å². The lowest BCUT2D eigenvalue weighted by Gasteiger charge is -2.24. The molecule has 1 rings (SSSR count). The SMILES string of the molecule is CC(C)C[C@@H](NC(=O)N1CCCNCC1)C(=O)O. The molecule has 0 unspecified atom stereocenters. The third-order valence-corrected chi connectivity index (χ3v) is 2.93. The smallest absolute Gasteiger partial charge is 0.326 e. The Bertz CT molecular complexity index is 286. The first-order valence-electron chi connectivity index (χ1n) is 6.49. The number of nitrogens with zero attached hydrogens (tertiary/aromatic N) is 1. The van der Waals surface area contributed by atoms with Gasteiger partial charge in [0.1, 0.15) is 6.04 Å². The summed E-state index contributed by atoms with van der Waals surface area (Å²) >= 11 is 0. The van der Waals surface area contributed by atoms with Crippen molar-refractivity contribution in [3.8, 4) is 0 Å². The van der Waals surface area contributed by atoms with E-state index in [-0.39, 0.29) is 11.9 Å². The highest BCUT2D eigenvalue weighted by Gasteiger charge is 2.24. The molecule has 1 aliphatic rings. The minimum absolute atomic E-state index is 0.234. The van der Waals surface area contributed by atoms with E-state index in [1.807, 2.05) is 13.8 Å². The highest BCUT2D eigenvalue weighted by molar-refractivity contribution is 5.82. The van der Waals surface area contributed by atoms with Gasteiger partial charge in [0.05, 0.1) is 0 Å². The Hall–Kier alpha value is -1.30. The van der Waals surface area contributed by atoms with Gasteiger partial charge in [-0.25, -0.2) is 9.59 Å². The normalized spacial score (nSPS) is 18.3. The van der Waals surface area contributed by atoms with Crippen LogP contribution >= 0.6 is 0 Å². The van der Waals surface area contributed by atoms with Crippen LogP contribution in [0.3, 0.4) is 0 Å². The van der Waals surface area contributed by atoms with Crippen LogP contribution in [-0.4, -0.2) is 54.2 Å². The fourth-order valence-electron chi connectivity index (χ4n) is 1.98. The van der Waals surface area contributed by atoms with E-state index in [0.717, 1.165) is 19.5 Å². The van der Waals surface area contributed by atoms with Crippen LogP contribution in [0.25, 0.3) is 0 Å². The Morgan fingerprint density at radius 3 is 2.67 bits per heavy atom. The topological polar surface area (TPSA) is 81.7 Å². The molecule has 6 nitrogen and oxygen atoms in total. The van der Waals surface area contributed by atoms with Crippen LogP contribution in [-0.2, 0) is 4.79 Å². The van der Waals surface area contributed by atoms with Crippen LogP contribution in [0, 0.1) is 5.92 Å². The van der Waals surface area contributed by atoms with Gasteiger partial charge in [-0.05, 0) is 25.3 Å². The van der Waals surface area contributed by atoms with Crippen molar-refractivity contribution in [2.45, 2.75) is 32.7 Å². The number of hydrogen-bond donors (Lipinski definition) is 3. The molecular weight excluding hydrogens is 234 g/mol. The number of carbonyl (C=O) groups excluding carboxylic acids is 1. The molecule has 1 fully saturated rings. The molecule has 0 aromatic rings. The summed E-state index contributed by atoms with van der Waals surface area (Å²) in [6, 6.07) is -1.07. The molecule has 0 saturated carbocycles. The predicted molar refractivity (Wildman–Crippen MR) is 68.5 cm³/mol. The van der Waals surface area contributed by atoms with Crippen LogP contribution in [0.15, 0.2) is 0 Å². The zero-order valence-electron chi connectivity index (χ0n) is 11.1. The Labute approximate surface area is 108 Å². The third kappa shape index (κ3) is 4.91. The lowest BCUT2D eigenvalue weighted by Crippen LogP contribution is -2.49. The van der Waals surface area contributed by atoms with Gasteiger partial charge in [-0.15, -0.1) is 0 Å². The molecule has 0 aromatic carbocycles. The molecule has 0 spiro atoms. The summed E-state index contributed by atoms with van der Waals surface area (Å²) in [6.07, 6.45) is 1.35. The highest BCUT2D eigenvalue weighted by Crippen LogP contribution is 2.06. The van der Waals surface area contributed by atoms with Gasteiger partial charge in [0.2, 0.25) is 0 Å². The minimum atomic E-state index is -0.968. The van der Waals surface area contributed by atoms with Gasteiger partial charge < -0.3 is 20.6 Å². The van der Waals surface area contributed by atoms with Gasteiger partial charge in [-0.2, -0.15) is 0 Å². The van der Waals surface area contributed by atoms with E-state index in [0.29, 0.717) is 19.5 Å². The molecule has 6 heteroatoms. The number of carboxylic acids is 1. The van der Waals surface area contributed by atoms with Crippen LogP contribution in [0.2, 0.25) is 0 Å². The summed E-state index contributed by atoms with van der Waals surface area (Å²) < 4.78 is 0. The summed E-state index contributed by atoms with van der Waals surface area (Å²) in [5.74, 6) is -0.734. The van der Waals surface area contributed by atoms with Crippen molar-refractivity contribution in [3.63, 3.8) is 0 Å². The molecule has 0 aliphatic carbocycles. The van der Waals surface area contributed by atoms with Crippen molar-refractivity contribution in [3.05, 3.63) is 0 Å². The number of hydrogen-bond acceptors (Lipinski definition) is 3. The number of nitrogens with one attached hydrogen (secondary N) is 2. The lowest BCUT2D eigenvalue weighted by atomic mass is 10.0. The van der Waals surface area contributed by atoms with E-state index >= 15 is 0 Å². The van der Waals surface area contributed by atoms with Gasteiger partial charge in [0.15, 0.2) is 0 Å². The van der Waals surface area contributed by atoms with Gasteiger partial charge in [-0.3, -0.25) is 0 Å². The minimum Gasteiger partial charge on any atom is -0.480 e. The molecule has 3 N–H and O–H groups in total. The van der Waals surface area contributed by atoms with Gasteiger partial charge in [0.25, 0.3) is 0 Å². The lowest BCUT2D eigenvalue weighted by molar-refractivity contribution is -0.139. The van der Waals surface area contributed by atoms with Crippen molar-refractivity contribution in [1.82, 2.24) is 15.5 Å². The van der Waals surface area contributed by atoms with E-state index in [9.17, 15) is 9.59 Å². The van der Waals surface area contributed by atoms with Gasteiger partial charge >= 0.3 is 12.0 Å². The maximum Gasteiger partial charge on any atom is 0.326 e. The Morgan fingerprint density at radius 1 is 1.33 bits per heavy atom. The number of carbonyl (C=O) groups is 2. The molecule has 0 bridgehead atoms. The van der Waals surface area contributed by atoms with Crippen molar-refractivity contribution in [2.24, 2.45) is 5.92 Å². The van der Waals surface area contributed by atoms with E-state index in [4.69, 9.17) is 5.11 Å². The zero-order chi connectivity index (χ0) is 13.5. The average molecular weight is 257 g/mol. The van der Waals surface area contributed by atoms with Crippen LogP contribution in [0.4, 0.5) is 4.79 Å². The summed E-state index contributed by atoms with van der Waals surface area (Å²) in [5.41, 5.74) is 0. The molecule has 1 saturated heterocycles. The largest absolute Gasteiger partial charge is 0.480 e. The number of carboxylic acid groups (broad SMARTS) is 1. The van der Waals surface area contributed by atoms with E-state index < -0.39 is 12.0 Å². The molecule has 2 amide bonds. The standard InChI is InChI=1S/C12H23N3O3/c1-9(2)8-10(11(16)17)14-12(18)15-6-3-4-13-5-7-15/h9-10,13H,3-8H2,1-2H3,(H,14,18)(H,16,17)/t10-/m1/s1. The second-order valence-corrected chi connectivity index (χ2v) is 5.06. The molecule has 0 radical (unpaired) electrons. The van der Waals surface area contributed by atoms with Crippen molar-refractivity contribution < 1.29 is 14.7 Å². The number of rotatable bonds is 4. The van der Waals surface area contributed by atoms with Crippen LogP contribution < -0.4 is 10.6 Å². The number of aliphatic carboxylic acids is 1. The van der Waals surface area contributed by atoms with E-state index in [1.54, 1.807) is 4.90 Å². The molecule has 1 heterocycles. The Balaban J connectivity index is 2.51. The van der Waals surface area contributed by atoms with E-state index in [2.05, 4.69) is 10.6 Å². The highest BCUT2D eigenvalue weighted by atomic mass is 16.4. The maximum atomic E-state index is 12.0. The fourth-order valence-corrected chi connectivity index (χ4v) is 1.98. The first-order chi connectivity index (χ1) is 8.50. The molecule has 18 heavy (non-hydrogen) atoms. The molecular formula is C12H23N3O3. The molecule has 1 aliphatic heterocycles. The number of amides is 2. The first-order valence-corrected chi connectivity index (χ1v) is 6.49. The second kappa shape index (κ2) is 7.20. The van der Waals surface area contributed by atoms with Crippen LogP contribution in [0.1, 0.15) is 26.7 Å². The summed E-state index contributed by atoms with van der Waals surface area (Å²) in [7, 11) is 0. The molecule has 104 valence electrons. The predicted octanol–water partition coefficient (Wildman–Crippen LogP) is 0.491. The van der Waals surface area contributed by atoms with Crippen molar-refractivity contribution >= 4 is 12.0 Å². The van der Waals surface area contributed by atoms with Gasteiger partial charge in [-0.1, -0.05) is 13.8 Å². The van der Waals surface area contributed by atoms with Crippen molar-refractivity contribution in [2.75, 3.05) is 26.2 Å². The summed E-state index contributed by atoms with van der Waals surface area (Å²) in [5, 5.41) is 14.9.